The third-order valence-corrected chi connectivity index (χ3v) is 10.5. The zero-order valence-electron chi connectivity index (χ0n) is 19.6. The van der Waals surface area contributed by atoms with Crippen LogP contribution in [0.5, 0.6) is 0 Å². The van der Waals surface area contributed by atoms with Crippen molar-refractivity contribution < 1.29 is 23.4 Å². The average Bonchev–Trinajstić information content (AvgIpc) is 3.03. The van der Waals surface area contributed by atoms with Gasteiger partial charge in [-0.15, -0.1) is 0 Å². The fourth-order valence-electron chi connectivity index (χ4n) is 8.47. The summed E-state index contributed by atoms with van der Waals surface area (Å²) in [5.74, 6) is 2.61. The summed E-state index contributed by atoms with van der Waals surface area (Å²) in [7, 11) is 0. The van der Waals surface area contributed by atoms with E-state index in [1.807, 2.05) is 0 Å². The molecule has 4 rings (SSSR count). The van der Waals surface area contributed by atoms with Crippen molar-refractivity contribution >= 4 is 0 Å². The summed E-state index contributed by atoms with van der Waals surface area (Å²) in [6.07, 6.45) is 6.46. The van der Waals surface area contributed by atoms with Gasteiger partial charge in [-0.25, -0.2) is 0 Å². The maximum atomic E-state index is 13.1. The van der Waals surface area contributed by atoms with Gasteiger partial charge in [0.05, 0.1) is 6.10 Å². The van der Waals surface area contributed by atoms with Crippen molar-refractivity contribution in [3.05, 3.63) is 11.6 Å². The molecular formula is C26H41F3O2. The quantitative estimate of drug-likeness (QED) is 0.478. The number of aliphatic hydroxyl groups excluding tert-OH is 1. The molecule has 3 saturated carbocycles. The van der Waals surface area contributed by atoms with Crippen LogP contribution < -0.4 is 0 Å². The third kappa shape index (κ3) is 3.80. The SMILES string of the molecule is C[C@H](CCC(C)(O)C(F)(F)F)[C@H]1CC[C@H]2[C@@H]3CC=C4C[C@@H](O)CC[C@]4(C)[C@H]3CC[C@]12C. The van der Waals surface area contributed by atoms with Gasteiger partial charge in [0.25, 0.3) is 0 Å². The Hall–Kier alpha value is -0.550. The molecule has 4 aliphatic carbocycles. The Bertz CT molecular complexity index is 714. The lowest BCUT2D eigenvalue weighted by Gasteiger charge is -2.58. The first-order chi connectivity index (χ1) is 14.3. The molecule has 31 heavy (non-hydrogen) atoms. The largest absolute Gasteiger partial charge is 0.416 e. The van der Waals surface area contributed by atoms with E-state index in [0.29, 0.717) is 30.1 Å². The maximum absolute atomic E-state index is 13.1. The molecule has 0 amide bonds. The lowest BCUT2D eigenvalue weighted by Crippen LogP contribution is -2.51. The predicted octanol–water partition coefficient (Wildman–Crippen LogP) is 6.66. The molecule has 0 spiro atoms. The van der Waals surface area contributed by atoms with Gasteiger partial charge in [0.2, 0.25) is 0 Å². The molecule has 2 nitrogen and oxygen atoms in total. The summed E-state index contributed by atoms with van der Waals surface area (Å²) >= 11 is 0. The molecule has 3 fully saturated rings. The van der Waals surface area contributed by atoms with Crippen molar-refractivity contribution in [2.45, 2.75) is 110 Å². The van der Waals surface area contributed by atoms with Gasteiger partial charge < -0.3 is 10.2 Å². The molecule has 0 aliphatic heterocycles. The molecule has 2 N–H and O–H groups in total. The topological polar surface area (TPSA) is 40.5 Å². The van der Waals surface area contributed by atoms with Crippen molar-refractivity contribution in [3.63, 3.8) is 0 Å². The van der Waals surface area contributed by atoms with Crippen LogP contribution in [0.25, 0.3) is 0 Å². The third-order valence-electron chi connectivity index (χ3n) is 10.5. The van der Waals surface area contributed by atoms with Gasteiger partial charge in [0.1, 0.15) is 0 Å². The molecular weight excluding hydrogens is 401 g/mol. The van der Waals surface area contributed by atoms with Gasteiger partial charge in [0, 0.05) is 0 Å². The Labute approximate surface area is 185 Å². The van der Waals surface area contributed by atoms with Gasteiger partial charge in [0.15, 0.2) is 5.60 Å². The van der Waals surface area contributed by atoms with Crippen molar-refractivity contribution in [2.24, 2.45) is 40.4 Å². The van der Waals surface area contributed by atoms with Gasteiger partial charge in [-0.3, -0.25) is 0 Å². The van der Waals surface area contributed by atoms with Crippen molar-refractivity contribution in [1.82, 2.24) is 0 Å². The van der Waals surface area contributed by atoms with Crippen LogP contribution in [0.15, 0.2) is 11.6 Å². The summed E-state index contributed by atoms with van der Waals surface area (Å²) < 4.78 is 39.3. The molecule has 0 saturated heterocycles. The van der Waals surface area contributed by atoms with Crippen LogP contribution >= 0.6 is 0 Å². The highest BCUT2D eigenvalue weighted by Gasteiger charge is 2.59. The summed E-state index contributed by atoms with van der Waals surface area (Å²) in [5, 5.41) is 20.1. The monoisotopic (exact) mass is 442 g/mol. The Morgan fingerprint density at radius 2 is 1.81 bits per heavy atom. The van der Waals surface area contributed by atoms with Crippen LogP contribution in [0.3, 0.4) is 0 Å². The Morgan fingerprint density at radius 3 is 2.48 bits per heavy atom. The number of allylic oxidation sites excluding steroid dienone is 1. The second-order valence-corrected chi connectivity index (χ2v) is 12.2. The minimum atomic E-state index is -4.57. The molecule has 0 heterocycles. The van der Waals surface area contributed by atoms with E-state index in [4.69, 9.17) is 0 Å². The second kappa shape index (κ2) is 7.75. The highest BCUT2D eigenvalue weighted by molar-refractivity contribution is 5.25. The van der Waals surface area contributed by atoms with Crippen LogP contribution in [0.1, 0.15) is 91.9 Å². The van der Waals surface area contributed by atoms with Gasteiger partial charge in [-0.1, -0.05) is 32.4 Å². The van der Waals surface area contributed by atoms with Crippen molar-refractivity contribution in [2.75, 3.05) is 0 Å². The number of hydrogen-bond donors (Lipinski definition) is 2. The summed E-state index contributed by atoms with van der Waals surface area (Å²) in [4.78, 5) is 0. The highest BCUT2D eigenvalue weighted by Crippen LogP contribution is 2.67. The molecule has 1 unspecified atom stereocenters. The van der Waals surface area contributed by atoms with E-state index in [1.165, 1.54) is 18.4 Å². The number of hydrogen-bond acceptors (Lipinski definition) is 2. The number of fused-ring (bicyclic) bond motifs is 5. The number of aliphatic hydroxyl groups is 2. The first-order valence-corrected chi connectivity index (χ1v) is 12.5. The van der Waals surface area contributed by atoms with E-state index >= 15 is 0 Å². The first kappa shape index (κ1) is 23.6. The van der Waals surface area contributed by atoms with E-state index in [9.17, 15) is 23.4 Å². The highest BCUT2D eigenvalue weighted by atomic mass is 19.4. The first-order valence-electron chi connectivity index (χ1n) is 12.5. The van der Waals surface area contributed by atoms with Crippen LogP contribution in [0, 0.1) is 40.4 Å². The zero-order chi connectivity index (χ0) is 22.8. The summed E-state index contributed by atoms with van der Waals surface area (Å²) in [6, 6.07) is 0. The number of alkyl halides is 3. The van der Waals surface area contributed by atoms with Crippen molar-refractivity contribution in [1.29, 1.82) is 0 Å². The standard InChI is InChI=1S/C26H41F3O2/c1-16(9-14-25(4,31)26(27,28)29)20-7-8-21-19-6-5-17-15-18(30)10-12-23(17,2)22(19)11-13-24(20,21)3/h5,16,18-22,30-31H,6-15H2,1-4H3/t16-,18+,19+,20-,21+,22+,23+,24-,25?/m1/s1. The average molecular weight is 443 g/mol. The van der Waals surface area contributed by atoms with Gasteiger partial charge >= 0.3 is 6.18 Å². The second-order valence-electron chi connectivity index (χ2n) is 12.2. The van der Waals surface area contributed by atoms with Gasteiger partial charge in [-0.2, -0.15) is 13.2 Å². The molecule has 0 aromatic heterocycles. The van der Waals surface area contributed by atoms with Gasteiger partial charge in [-0.05, 0) is 112 Å². The normalized spacial score (nSPS) is 45.7. The lowest BCUT2D eigenvalue weighted by molar-refractivity contribution is -0.256. The van der Waals surface area contributed by atoms with E-state index < -0.39 is 11.8 Å². The van der Waals surface area contributed by atoms with E-state index in [1.54, 1.807) is 0 Å². The minimum Gasteiger partial charge on any atom is -0.393 e. The predicted molar refractivity (Wildman–Crippen MR) is 116 cm³/mol. The van der Waals surface area contributed by atoms with E-state index in [0.717, 1.165) is 45.4 Å². The van der Waals surface area contributed by atoms with Crippen LogP contribution in [-0.2, 0) is 0 Å². The number of rotatable bonds is 4. The van der Waals surface area contributed by atoms with E-state index in [-0.39, 0.29) is 29.3 Å². The molecule has 0 radical (unpaired) electrons. The Balaban J connectivity index is 1.48. The summed E-state index contributed by atoms with van der Waals surface area (Å²) in [5.41, 5.74) is -0.699. The fraction of sp³-hybridized carbons (Fsp3) is 0.923. The smallest absolute Gasteiger partial charge is 0.393 e. The lowest BCUT2D eigenvalue weighted by atomic mass is 9.47. The van der Waals surface area contributed by atoms with Crippen molar-refractivity contribution in [3.8, 4) is 0 Å². The van der Waals surface area contributed by atoms with Crippen LogP contribution in [-0.4, -0.2) is 28.1 Å². The molecule has 178 valence electrons. The molecule has 0 aromatic carbocycles. The molecule has 5 heteroatoms. The number of halogens is 3. The Morgan fingerprint density at radius 1 is 1.10 bits per heavy atom. The molecule has 0 bridgehead atoms. The van der Waals surface area contributed by atoms with Crippen LogP contribution in [0.2, 0.25) is 0 Å². The molecule has 9 atom stereocenters. The zero-order valence-corrected chi connectivity index (χ0v) is 19.6. The van der Waals surface area contributed by atoms with E-state index in [2.05, 4.69) is 26.8 Å². The summed E-state index contributed by atoms with van der Waals surface area (Å²) in [6.45, 7) is 7.87. The molecule has 0 aromatic rings. The maximum Gasteiger partial charge on any atom is 0.416 e. The van der Waals surface area contributed by atoms with Crippen LogP contribution in [0.4, 0.5) is 13.2 Å². The Kier molecular flexibility index (Phi) is 5.90. The molecule has 4 aliphatic rings. The minimum absolute atomic E-state index is 0.185. The fourth-order valence-corrected chi connectivity index (χ4v) is 8.47.